The summed E-state index contributed by atoms with van der Waals surface area (Å²) in [5, 5.41) is 3.94. The van der Waals surface area contributed by atoms with Gasteiger partial charge in [0.2, 0.25) is 0 Å². The predicted molar refractivity (Wildman–Crippen MR) is 64.3 cm³/mol. The van der Waals surface area contributed by atoms with Crippen molar-refractivity contribution in [3.05, 3.63) is 0 Å². The summed E-state index contributed by atoms with van der Waals surface area (Å²) in [6.45, 7) is 5.63. The van der Waals surface area contributed by atoms with Crippen LogP contribution in [0.4, 0.5) is 4.79 Å². The first-order chi connectivity index (χ1) is 6.90. The number of rotatable bonds is 2. The highest BCUT2D eigenvalue weighted by molar-refractivity contribution is 9.09. The molecule has 0 unspecified atom stereocenters. The van der Waals surface area contributed by atoms with Crippen LogP contribution in [0.15, 0.2) is 0 Å². The second-order valence-electron chi connectivity index (χ2n) is 5.18. The van der Waals surface area contributed by atoms with E-state index in [1.165, 1.54) is 6.42 Å². The lowest BCUT2D eigenvalue weighted by atomic mass is 10.1. The van der Waals surface area contributed by atoms with Crippen molar-refractivity contribution in [2.24, 2.45) is 5.92 Å². The number of alkyl halides is 1. The van der Waals surface area contributed by atoms with Gasteiger partial charge in [0.05, 0.1) is 0 Å². The number of hydrogen-bond acceptors (Lipinski definition) is 2. The molecule has 0 aliphatic heterocycles. The molecule has 1 aliphatic carbocycles. The summed E-state index contributed by atoms with van der Waals surface area (Å²) in [6, 6.07) is 0.294. The highest BCUT2D eigenvalue weighted by Gasteiger charge is 2.26. The summed E-state index contributed by atoms with van der Waals surface area (Å²) in [7, 11) is 0. The summed E-state index contributed by atoms with van der Waals surface area (Å²) in [5.74, 6) is 0.699. The molecular formula is C11H20BrNO2. The van der Waals surface area contributed by atoms with Crippen LogP contribution < -0.4 is 5.32 Å². The predicted octanol–water partition coefficient (Wildman–Crippen LogP) is 3.07. The molecule has 1 N–H and O–H groups in total. The molecule has 0 radical (unpaired) electrons. The van der Waals surface area contributed by atoms with Gasteiger partial charge in [0.1, 0.15) is 5.60 Å². The Bertz CT molecular complexity index is 225. The normalized spacial score (nSPS) is 26.4. The third-order valence-electron chi connectivity index (χ3n) is 2.48. The van der Waals surface area contributed by atoms with Crippen molar-refractivity contribution in [1.29, 1.82) is 0 Å². The second-order valence-corrected chi connectivity index (χ2v) is 5.82. The molecule has 1 saturated carbocycles. The first-order valence-corrected chi connectivity index (χ1v) is 6.58. The number of halogens is 1. The number of carbonyl (C=O) groups excluding carboxylic acids is 1. The van der Waals surface area contributed by atoms with Crippen molar-refractivity contribution >= 4 is 22.0 Å². The van der Waals surface area contributed by atoms with Gasteiger partial charge in [-0.3, -0.25) is 0 Å². The van der Waals surface area contributed by atoms with Crippen LogP contribution in [0.3, 0.4) is 0 Å². The van der Waals surface area contributed by atoms with Crippen LogP contribution in [-0.4, -0.2) is 23.1 Å². The largest absolute Gasteiger partial charge is 0.444 e. The van der Waals surface area contributed by atoms with Crippen LogP contribution in [-0.2, 0) is 4.74 Å². The van der Waals surface area contributed by atoms with E-state index in [0.29, 0.717) is 12.0 Å². The minimum Gasteiger partial charge on any atom is -0.444 e. The van der Waals surface area contributed by atoms with Gasteiger partial charge in [-0.2, -0.15) is 0 Å². The van der Waals surface area contributed by atoms with Gasteiger partial charge in [-0.05, 0) is 46.0 Å². The lowest BCUT2D eigenvalue weighted by Gasteiger charge is -2.21. The lowest BCUT2D eigenvalue weighted by Crippen LogP contribution is -2.37. The average molecular weight is 278 g/mol. The van der Waals surface area contributed by atoms with E-state index in [1.54, 1.807) is 0 Å². The zero-order valence-corrected chi connectivity index (χ0v) is 11.3. The molecule has 0 heterocycles. The maximum absolute atomic E-state index is 11.5. The summed E-state index contributed by atoms with van der Waals surface area (Å²) in [6.07, 6.45) is 3.02. The van der Waals surface area contributed by atoms with Gasteiger partial charge < -0.3 is 10.1 Å². The highest BCUT2D eigenvalue weighted by Crippen LogP contribution is 2.27. The summed E-state index contributed by atoms with van der Waals surface area (Å²) >= 11 is 3.47. The van der Waals surface area contributed by atoms with Crippen LogP contribution in [0.2, 0.25) is 0 Å². The molecule has 0 saturated heterocycles. The minimum atomic E-state index is -0.405. The third kappa shape index (κ3) is 4.87. The van der Waals surface area contributed by atoms with E-state index in [9.17, 15) is 4.79 Å². The number of amides is 1. The molecule has 0 aromatic carbocycles. The number of alkyl carbamates (subject to hydrolysis) is 1. The van der Waals surface area contributed by atoms with Crippen molar-refractivity contribution < 1.29 is 9.53 Å². The molecule has 0 aromatic rings. The van der Waals surface area contributed by atoms with Crippen LogP contribution in [0.5, 0.6) is 0 Å². The quantitative estimate of drug-likeness (QED) is 0.788. The molecule has 15 heavy (non-hydrogen) atoms. The van der Waals surface area contributed by atoms with Crippen molar-refractivity contribution in [1.82, 2.24) is 5.32 Å². The Kier molecular flexibility index (Phi) is 4.44. The fourth-order valence-corrected chi connectivity index (χ4v) is 2.41. The number of carbonyl (C=O) groups is 1. The molecule has 0 spiro atoms. The van der Waals surface area contributed by atoms with Crippen LogP contribution >= 0.6 is 15.9 Å². The third-order valence-corrected chi connectivity index (χ3v) is 3.40. The smallest absolute Gasteiger partial charge is 0.407 e. The maximum Gasteiger partial charge on any atom is 0.407 e. The van der Waals surface area contributed by atoms with Crippen molar-refractivity contribution in [2.75, 3.05) is 5.33 Å². The topological polar surface area (TPSA) is 38.3 Å². The fraction of sp³-hybridized carbons (Fsp3) is 0.909. The maximum atomic E-state index is 11.5. The highest BCUT2D eigenvalue weighted by atomic mass is 79.9. The molecule has 88 valence electrons. The zero-order chi connectivity index (χ0) is 11.5. The van der Waals surface area contributed by atoms with Gasteiger partial charge in [0, 0.05) is 11.4 Å². The van der Waals surface area contributed by atoms with Crippen molar-refractivity contribution in [3.63, 3.8) is 0 Å². The molecule has 1 fully saturated rings. The molecular weight excluding hydrogens is 258 g/mol. The van der Waals surface area contributed by atoms with Gasteiger partial charge in [0.25, 0.3) is 0 Å². The molecule has 4 heteroatoms. The van der Waals surface area contributed by atoms with Crippen LogP contribution in [0, 0.1) is 5.92 Å². The Balaban J connectivity index is 2.28. The van der Waals surface area contributed by atoms with E-state index in [1.807, 2.05) is 20.8 Å². The van der Waals surface area contributed by atoms with Gasteiger partial charge in [-0.25, -0.2) is 4.79 Å². The molecule has 1 aliphatic rings. The van der Waals surface area contributed by atoms with Crippen molar-refractivity contribution in [3.8, 4) is 0 Å². The Labute approximate surface area is 100 Å². The van der Waals surface area contributed by atoms with E-state index in [2.05, 4.69) is 21.2 Å². The van der Waals surface area contributed by atoms with Gasteiger partial charge in [-0.1, -0.05) is 15.9 Å². The zero-order valence-electron chi connectivity index (χ0n) is 9.68. The van der Waals surface area contributed by atoms with Crippen LogP contribution in [0.1, 0.15) is 40.0 Å². The average Bonchev–Trinajstić information content (AvgIpc) is 2.48. The SMILES string of the molecule is CC(C)(C)OC(=O)N[C@H]1CC[C@@H](CBr)C1. The van der Waals surface area contributed by atoms with Crippen LogP contribution in [0.25, 0.3) is 0 Å². The first-order valence-electron chi connectivity index (χ1n) is 5.46. The van der Waals surface area contributed by atoms with E-state index in [0.717, 1.165) is 18.2 Å². The summed E-state index contributed by atoms with van der Waals surface area (Å²) in [5.41, 5.74) is -0.405. The summed E-state index contributed by atoms with van der Waals surface area (Å²) < 4.78 is 5.21. The Morgan fingerprint density at radius 2 is 2.13 bits per heavy atom. The number of hydrogen-bond donors (Lipinski definition) is 1. The van der Waals surface area contributed by atoms with E-state index < -0.39 is 5.60 Å². The molecule has 0 bridgehead atoms. The van der Waals surface area contributed by atoms with Crippen molar-refractivity contribution in [2.45, 2.75) is 51.7 Å². The van der Waals surface area contributed by atoms with Gasteiger partial charge >= 0.3 is 6.09 Å². The second kappa shape index (κ2) is 5.19. The van der Waals surface area contributed by atoms with E-state index in [-0.39, 0.29) is 6.09 Å². The van der Waals surface area contributed by atoms with E-state index >= 15 is 0 Å². The standard InChI is InChI=1S/C11H20BrNO2/c1-11(2,3)15-10(14)13-9-5-4-8(6-9)7-12/h8-9H,4-7H2,1-3H3,(H,13,14)/t8-,9+/m1/s1. The number of nitrogens with one attached hydrogen (secondary N) is 1. The summed E-state index contributed by atoms with van der Waals surface area (Å²) in [4.78, 5) is 11.5. The molecule has 1 amide bonds. The lowest BCUT2D eigenvalue weighted by molar-refractivity contribution is 0.0505. The Morgan fingerprint density at radius 3 is 2.60 bits per heavy atom. The monoisotopic (exact) mass is 277 g/mol. The van der Waals surface area contributed by atoms with Gasteiger partial charge in [-0.15, -0.1) is 0 Å². The Morgan fingerprint density at radius 1 is 1.47 bits per heavy atom. The molecule has 3 nitrogen and oxygen atoms in total. The molecule has 1 rings (SSSR count). The van der Waals surface area contributed by atoms with E-state index in [4.69, 9.17) is 4.74 Å². The molecule has 2 atom stereocenters. The fourth-order valence-electron chi connectivity index (χ4n) is 1.82. The van der Waals surface area contributed by atoms with Gasteiger partial charge in [0.15, 0.2) is 0 Å². The molecule has 0 aromatic heterocycles. The minimum absolute atomic E-state index is 0.289. The first kappa shape index (κ1) is 12.8. The Hall–Kier alpha value is -0.250. The number of ether oxygens (including phenoxy) is 1.